The number of fused-ring (bicyclic) bond motifs is 1. The van der Waals surface area contributed by atoms with Crippen molar-refractivity contribution in [1.29, 1.82) is 0 Å². The van der Waals surface area contributed by atoms with Gasteiger partial charge in [0.15, 0.2) is 10.8 Å². The number of imidazole rings is 1. The van der Waals surface area contributed by atoms with E-state index in [2.05, 4.69) is 74.4 Å². The predicted octanol–water partition coefficient (Wildman–Crippen LogP) is 7.86. The molecule has 6 rings (SSSR count). The number of nitrogens with one attached hydrogen (secondary N) is 1. The van der Waals surface area contributed by atoms with Gasteiger partial charge in [-0.3, -0.25) is 4.57 Å². The molecular formula is C34H36ClN5O2. The average molecular weight is 582 g/mol. The average Bonchev–Trinajstić information content (AvgIpc) is 3.54. The number of benzene rings is 3. The maximum absolute atomic E-state index is 6.82. The minimum atomic E-state index is -0.846. The van der Waals surface area contributed by atoms with Crippen molar-refractivity contribution in [3.63, 3.8) is 0 Å². The topological polar surface area (TPSA) is 74.1 Å². The van der Waals surface area contributed by atoms with Gasteiger partial charge in [-0.1, -0.05) is 112 Å². The van der Waals surface area contributed by atoms with Gasteiger partial charge in [-0.05, 0) is 41.2 Å². The van der Waals surface area contributed by atoms with E-state index in [4.69, 9.17) is 31.0 Å². The molecule has 0 spiro atoms. The van der Waals surface area contributed by atoms with Crippen molar-refractivity contribution in [2.24, 2.45) is 11.3 Å². The Labute approximate surface area is 251 Å². The van der Waals surface area contributed by atoms with E-state index in [1.54, 1.807) is 13.4 Å². The normalized spacial score (nSPS) is 20.1. The lowest BCUT2D eigenvalue weighted by molar-refractivity contribution is -0.0295. The molecule has 1 saturated heterocycles. The fourth-order valence-corrected chi connectivity index (χ4v) is 6.46. The van der Waals surface area contributed by atoms with Gasteiger partial charge in [0.25, 0.3) is 0 Å². The fraction of sp³-hybridized carbons (Fsp3) is 0.324. The first-order chi connectivity index (χ1) is 20.3. The molecule has 3 atom stereocenters. The zero-order chi connectivity index (χ0) is 29.5. The van der Waals surface area contributed by atoms with Crippen LogP contribution < -0.4 is 10.1 Å². The largest absolute Gasteiger partial charge is 0.497 e. The Morgan fingerprint density at radius 3 is 2.07 bits per heavy atom. The number of rotatable bonds is 8. The molecule has 0 bridgehead atoms. The second-order valence-electron chi connectivity index (χ2n) is 11.5. The zero-order valence-corrected chi connectivity index (χ0v) is 25.3. The summed E-state index contributed by atoms with van der Waals surface area (Å²) in [4.78, 5) is 14.4. The molecule has 3 heterocycles. The van der Waals surface area contributed by atoms with Crippen LogP contribution >= 0.6 is 11.6 Å². The fourth-order valence-electron chi connectivity index (χ4n) is 6.25. The first-order valence-electron chi connectivity index (χ1n) is 14.4. The Morgan fingerprint density at radius 2 is 1.52 bits per heavy atom. The molecule has 216 valence electrons. The third-order valence-corrected chi connectivity index (χ3v) is 9.20. The third kappa shape index (κ3) is 4.61. The first kappa shape index (κ1) is 28.2. The Kier molecular flexibility index (Phi) is 7.41. The number of nitrogens with zero attached hydrogens (tertiary/aromatic N) is 4. The first-order valence-corrected chi connectivity index (χ1v) is 14.8. The summed E-state index contributed by atoms with van der Waals surface area (Å²) in [5.74, 6) is 1.52. The molecule has 42 heavy (non-hydrogen) atoms. The lowest BCUT2D eigenvalue weighted by atomic mass is 9.77. The van der Waals surface area contributed by atoms with E-state index in [-0.39, 0.29) is 22.9 Å². The monoisotopic (exact) mass is 581 g/mol. The highest BCUT2D eigenvalue weighted by Crippen LogP contribution is 2.50. The van der Waals surface area contributed by atoms with Gasteiger partial charge in [-0.15, -0.1) is 0 Å². The standard InChI is InChI=1S/C34H36ClN5O2/c1-6-27-22(2)33(3,4)31(42-27)40-21-36-28-29(35)37-32(38-30(28)40)39-34(23-13-9-7-10-14-23,24-15-11-8-12-16-24)25-17-19-26(41-5)20-18-25/h7-22,27,31H,6H2,1-5H3,(H,37,38,39)/t22-,27-,31-/m1/s1. The molecule has 2 aromatic heterocycles. The molecule has 0 saturated carbocycles. The van der Waals surface area contributed by atoms with Gasteiger partial charge in [0.05, 0.1) is 19.5 Å². The van der Waals surface area contributed by atoms with Gasteiger partial charge in [0.2, 0.25) is 5.95 Å². The number of hydrogen-bond acceptors (Lipinski definition) is 6. The van der Waals surface area contributed by atoms with Gasteiger partial charge < -0.3 is 14.8 Å². The van der Waals surface area contributed by atoms with Crippen LogP contribution in [-0.2, 0) is 10.3 Å². The SMILES string of the molecule is CC[C@H]1O[C@@H](n2cnc3c(Cl)nc(NC(c4ccccc4)(c4ccccc4)c4ccc(OC)cc4)nc32)C(C)(C)[C@@H]1C. The van der Waals surface area contributed by atoms with Crippen LogP contribution in [0.1, 0.15) is 57.0 Å². The van der Waals surface area contributed by atoms with Crippen molar-refractivity contribution >= 4 is 28.7 Å². The van der Waals surface area contributed by atoms with E-state index in [1.807, 2.05) is 53.1 Å². The number of anilines is 1. The molecule has 1 aliphatic rings. The van der Waals surface area contributed by atoms with Gasteiger partial charge in [0.1, 0.15) is 23.0 Å². The maximum atomic E-state index is 6.82. The molecule has 5 aromatic rings. The summed E-state index contributed by atoms with van der Waals surface area (Å²) in [7, 11) is 1.67. The summed E-state index contributed by atoms with van der Waals surface area (Å²) in [6.07, 6.45) is 2.62. The van der Waals surface area contributed by atoms with Crippen LogP contribution in [0.4, 0.5) is 5.95 Å². The molecule has 1 fully saturated rings. The van der Waals surface area contributed by atoms with Gasteiger partial charge in [-0.2, -0.15) is 9.97 Å². The summed E-state index contributed by atoms with van der Waals surface area (Å²) in [5.41, 5.74) is 3.23. The summed E-state index contributed by atoms with van der Waals surface area (Å²) in [6.45, 7) is 8.90. The van der Waals surface area contributed by atoms with Gasteiger partial charge >= 0.3 is 0 Å². The molecule has 0 amide bonds. The molecule has 1 N–H and O–H groups in total. The number of hydrogen-bond donors (Lipinski definition) is 1. The highest BCUT2D eigenvalue weighted by atomic mass is 35.5. The van der Waals surface area contributed by atoms with Crippen LogP contribution in [-0.4, -0.2) is 32.7 Å². The van der Waals surface area contributed by atoms with E-state index < -0.39 is 5.54 Å². The molecule has 3 aromatic carbocycles. The summed E-state index contributed by atoms with van der Waals surface area (Å²) >= 11 is 6.82. The minimum Gasteiger partial charge on any atom is -0.497 e. The summed E-state index contributed by atoms with van der Waals surface area (Å²) in [6, 6.07) is 28.7. The van der Waals surface area contributed by atoms with E-state index >= 15 is 0 Å². The van der Waals surface area contributed by atoms with E-state index in [9.17, 15) is 0 Å². The highest BCUT2D eigenvalue weighted by molar-refractivity contribution is 6.33. The smallest absolute Gasteiger partial charge is 0.227 e. The number of methoxy groups -OCH3 is 1. The van der Waals surface area contributed by atoms with Crippen LogP contribution in [0.25, 0.3) is 11.2 Å². The van der Waals surface area contributed by atoms with Crippen molar-refractivity contribution in [3.05, 3.63) is 113 Å². The molecule has 1 aliphatic heterocycles. The Morgan fingerprint density at radius 1 is 0.929 bits per heavy atom. The van der Waals surface area contributed by atoms with Crippen LogP contribution in [0.15, 0.2) is 91.3 Å². The molecule has 0 unspecified atom stereocenters. The van der Waals surface area contributed by atoms with E-state index in [1.165, 1.54) is 0 Å². The highest BCUT2D eigenvalue weighted by Gasteiger charge is 2.49. The van der Waals surface area contributed by atoms with Crippen molar-refractivity contribution in [3.8, 4) is 5.75 Å². The molecular weight excluding hydrogens is 546 g/mol. The summed E-state index contributed by atoms with van der Waals surface area (Å²) < 4.78 is 14.1. The van der Waals surface area contributed by atoms with Crippen molar-refractivity contribution in [2.45, 2.75) is 52.0 Å². The van der Waals surface area contributed by atoms with Gasteiger partial charge in [0, 0.05) is 5.41 Å². The van der Waals surface area contributed by atoms with Crippen LogP contribution in [0.2, 0.25) is 5.15 Å². The molecule has 0 radical (unpaired) electrons. The Balaban J connectivity index is 1.54. The number of aromatic nitrogens is 4. The van der Waals surface area contributed by atoms with E-state index in [0.29, 0.717) is 23.0 Å². The molecule has 8 heteroatoms. The lowest BCUT2D eigenvalue weighted by Gasteiger charge is -2.37. The van der Waals surface area contributed by atoms with Crippen LogP contribution in [0, 0.1) is 11.3 Å². The van der Waals surface area contributed by atoms with Crippen LogP contribution in [0.5, 0.6) is 5.75 Å². The molecule has 0 aliphatic carbocycles. The maximum Gasteiger partial charge on any atom is 0.227 e. The minimum absolute atomic E-state index is 0.139. The van der Waals surface area contributed by atoms with E-state index in [0.717, 1.165) is 28.9 Å². The second kappa shape index (κ2) is 11.0. The number of halogens is 1. The van der Waals surface area contributed by atoms with Crippen molar-refractivity contribution < 1.29 is 9.47 Å². The molecule has 7 nitrogen and oxygen atoms in total. The Hall–Kier alpha value is -3.94. The third-order valence-electron chi connectivity index (χ3n) is 8.94. The van der Waals surface area contributed by atoms with Crippen LogP contribution in [0.3, 0.4) is 0 Å². The second-order valence-corrected chi connectivity index (χ2v) is 11.9. The summed E-state index contributed by atoms with van der Waals surface area (Å²) in [5, 5.41) is 4.02. The van der Waals surface area contributed by atoms with Crippen molar-refractivity contribution in [1.82, 2.24) is 19.5 Å². The number of ether oxygens (including phenoxy) is 2. The Bertz CT molecular complexity index is 1630. The van der Waals surface area contributed by atoms with Gasteiger partial charge in [-0.25, -0.2) is 4.98 Å². The quantitative estimate of drug-likeness (QED) is 0.148. The predicted molar refractivity (Wildman–Crippen MR) is 167 cm³/mol. The zero-order valence-electron chi connectivity index (χ0n) is 24.6. The van der Waals surface area contributed by atoms with Crippen molar-refractivity contribution in [2.75, 3.05) is 12.4 Å². The lowest BCUT2D eigenvalue weighted by Crippen LogP contribution is -2.38.